The van der Waals surface area contributed by atoms with Gasteiger partial charge in [-0.3, -0.25) is 0 Å². The van der Waals surface area contributed by atoms with Gasteiger partial charge in [-0.2, -0.15) is 0 Å². The molecule has 0 aliphatic heterocycles. The first-order chi connectivity index (χ1) is 14.7. The predicted octanol–water partition coefficient (Wildman–Crippen LogP) is 4.98. The van der Waals surface area contributed by atoms with E-state index in [-0.39, 0.29) is 6.04 Å². The van der Waals surface area contributed by atoms with E-state index >= 15 is 0 Å². The lowest BCUT2D eigenvalue weighted by Gasteiger charge is -2.26. The Balaban J connectivity index is 1.70. The van der Waals surface area contributed by atoms with Crippen molar-refractivity contribution in [3.05, 3.63) is 121 Å². The van der Waals surface area contributed by atoms with Crippen molar-refractivity contribution in [2.45, 2.75) is 19.1 Å². The van der Waals surface area contributed by atoms with Gasteiger partial charge in [-0.25, -0.2) is 0 Å². The summed E-state index contributed by atoms with van der Waals surface area (Å²) >= 11 is 0. The lowest BCUT2D eigenvalue weighted by atomic mass is 10.0. The smallest absolute Gasteiger partial charge is 0.0988 e. The van der Waals surface area contributed by atoms with Crippen molar-refractivity contribution in [1.29, 1.82) is 0 Å². The zero-order valence-electron chi connectivity index (χ0n) is 17.0. The molecule has 4 aromatic rings. The van der Waals surface area contributed by atoms with Gasteiger partial charge < -0.3 is 10.4 Å². The van der Waals surface area contributed by atoms with E-state index in [1.165, 1.54) is 15.9 Å². The molecule has 3 heteroatoms. The molecule has 0 saturated heterocycles. The number of para-hydroxylation sites is 1. The van der Waals surface area contributed by atoms with E-state index in [4.69, 9.17) is 0 Å². The van der Waals surface area contributed by atoms with Crippen molar-refractivity contribution >= 4 is 29.5 Å². The van der Waals surface area contributed by atoms with Crippen LogP contribution in [0.3, 0.4) is 0 Å². The summed E-state index contributed by atoms with van der Waals surface area (Å²) in [6.07, 6.45) is -0.584. The molecule has 4 rings (SSSR count). The standard InChI is InChI=1S/C27H26NOP/c1-21(27(29)22-13-5-2-6-14-22)28-25-19-11-12-20-26(25)30(23-15-7-3-8-16-23)24-17-9-4-10-18-24/h2-21,27-29H,1H3/t21-,27+/m0/s1. The molecule has 0 aromatic heterocycles. The zero-order chi connectivity index (χ0) is 20.8. The molecule has 0 bridgehead atoms. The summed E-state index contributed by atoms with van der Waals surface area (Å²) in [5.74, 6) is 0. The molecule has 2 atom stereocenters. The predicted molar refractivity (Wildman–Crippen MR) is 130 cm³/mol. The Bertz CT molecular complexity index is 1010. The van der Waals surface area contributed by atoms with Gasteiger partial charge in [-0.1, -0.05) is 109 Å². The molecule has 0 aliphatic carbocycles. The zero-order valence-corrected chi connectivity index (χ0v) is 17.9. The van der Waals surface area contributed by atoms with Crippen LogP contribution in [0.5, 0.6) is 0 Å². The van der Waals surface area contributed by atoms with E-state index in [1.54, 1.807) is 0 Å². The molecule has 150 valence electrons. The van der Waals surface area contributed by atoms with Crippen LogP contribution < -0.4 is 21.2 Å². The first-order valence-electron chi connectivity index (χ1n) is 10.2. The van der Waals surface area contributed by atoms with Crippen LogP contribution in [-0.2, 0) is 0 Å². The molecule has 0 amide bonds. The minimum Gasteiger partial charge on any atom is -0.386 e. The SMILES string of the molecule is C[C@H](Nc1ccccc1P(c1ccccc1)c1ccccc1)[C@@H](O)c1ccccc1. The Kier molecular flexibility index (Phi) is 6.59. The Morgan fingerprint density at radius 1 is 0.633 bits per heavy atom. The van der Waals surface area contributed by atoms with Crippen LogP contribution in [-0.4, -0.2) is 11.1 Å². The van der Waals surface area contributed by atoms with Gasteiger partial charge in [0.15, 0.2) is 0 Å². The van der Waals surface area contributed by atoms with E-state index in [2.05, 4.69) is 90.2 Å². The highest BCUT2D eigenvalue weighted by Gasteiger charge is 2.22. The lowest BCUT2D eigenvalue weighted by molar-refractivity contribution is 0.161. The fourth-order valence-electron chi connectivity index (χ4n) is 3.64. The summed E-state index contributed by atoms with van der Waals surface area (Å²) in [6.45, 7) is 2.03. The average molecular weight is 411 g/mol. The molecule has 4 aromatic carbocycles. The number of benzene rings is 4. The molecule has 30 heavy (non-hydrogen) atoms. The third-order valence-electron chi connectivity index (χ3n) is 5.17. The summed E-state index contributed by atoms with van der Waals surface area (Å²) in [4.78, 5) is 0. The molecule has 2 N–H and O–H groups in total. The Morgan fingerprint density at radius 3 is 1.67 bits per heavy atom. The van der Waals surface area contributed by atoms with Gasteiger partial charge in [0.1, 0.15) is 0 Å². The largest absolute Gasteiger partial charge is 0.386 e. The van der Waals surface area contributed by atoms with Gasteiger partial charge in [0.25, 0.3) is 0 Å². The van der Waals surface area contributed by atoms with Crippen LogP contribution in [0.1, 0.15) is 18.6 Å². The number of aliphatic hydroxyl groups is 1. The maximum Gasteiger partial charge on any atom is 0.0988 e. The number of aliphatic hydroxyl groups excluding tert-OH is 1. The molecule has 0 unspecified atom stereocenters. The highest BCUT2D eigenvalue weighted by molar-refractivity contribution is 7.80. The monoisotopic (exact) mass is 411 g/mol. The van der Waals surface area contributed by atoms with Crippen molar-refractivity contribution in [2.24, 2.45) is 0 Å². The lowest BCUT2D eigenvalue weighted by Crippen LogP contribution is -2.29. The Hall–Kier alpha value is -2.93. The second-order valence-electron chi connectivity index (χ2n) is 7.31. The molecule has 0 spiro atoms. The van der Waals surface area contributed by atoms with Gasteiger partial charge in [0.05, 0.1) is 12.1 Å². The third-order valence-corrected chi connectivity index (χ3v) is 7.67. The van der Waals surface area contributed by atoms with E-state index in [1.807, 2.05) is 37.3 Å². The molecule has 0 aliphatic rings. The number of hydrogen-bond donors (Lipinski definition) is 2. The van der Waals surface area contributed by atoms with Crippen molar-refractivity contribution in [3.63, 3.8) is 0 Å². The van der Waals surface area contributed by atoms with Crippen LogP contribution in [0.4, 0.5) is 5.69 Å². The minimum absolute atomic E-state index is 0.128. The van der Waals surface area contributed by atoms with E-state index in [0.29, 0.717) is 0 Å². The summed E-state index contributed by atoms with van der Waals surface area (Å²) in [6, 6.07) is 39.5. The second kappa shape index (κ2) is 9.71. The topological polar surface area (TPSA) is 32.3 Å². The number of anilines is 1. The quantitative estimate of drug-likeness (QED) is 0.421. The minimum atomic E-state index is -0.715. The van der Waals surface area contributed by atoms with E-state index in [0.717, 1.165) is 11.3 Å². The van der Waals surface area contributed by atoms with Crippen molar-refractivity contribution in [2.75, 3.05) is 5.32 Å². The fourth-order valence-corrected chi connectivity index (χ4v) is 6.05. The van der Waals surface area contributed by atoms with Crippen LogP contribution >= 0.6 is 7.92 Å². The summed E-state index contributed by atoms with van der Waals surface area (Å²) in [5, 5.41) is 18.3. The van der Waals surface area contributed by atoms with E-state index < -0.39 is 14.0 Å². The van der Waals surface area contributed by atoms with Crippen molar-refractivity contribution in [1.82, 2.24) is 0 Å². The van der Waals surface area contributed by atoms with Gasteiger partial charge in [-0.15, -0.1) is 0 Å². The maximum atomic E-state index is 10.9. The Labute approximate surface area is 180 Å². The molecule has 0 fully saturated rings. The molecule has 2 nitrogen and oxygen atoms in total. The molecule has 0 radical (unpaired) electrons. The van der Waals surface area contributed by atoms with Crippen molar-refractivity contribution in [3.8, 4) is 0 Å². The Morgan fingerprint density at radius 2 is 1.10 bits per heavy atom. The summed E-state index contributed by atoms with van der Waals surface area (Å²) in [7, 11) is -0.715. The molecular formula is C27H26NOP. The normalized spacial score (nSPS) is 13.0. The van der Waals surface area contributed by atoms with Gasteiger partial charge >= 0.3 is 0 Å². The number of rotatable bonds is 7. The summed E-state index contributed by atoms with van der Waals surface area (Å²) in [5.41, 5.74) is 1.99. The van der Waals surface area contributed by atoms with Crippen LogP contribution in [0, 0.1) is 0 Å². The van der Waals surface area contributed by atoms with Gasteiger partial charge in [0, 0.05) is 11.0 Å². The average Bonchev–Trinajstić information content (AvgIpc) is 2.82. The van der Waals surface area contributed by atoms with Crippen LogP contribution in [0.2, 0.25) is 0 Å². The summed E-state index contributed by atoms with van der Waals surface area (Å²) < 4.78 is 0. The first-order valence-corrected chi connectivity index (χ1v) is 11.6. The van der Waals surface area contributed by atoms with Gasteiger partial charge in [0.2, 0.25) is 0 Å². The number of nitrogens with one attached hydrogen (secondary N) is 1. The van der Waals surface area contributed by atoms with Crippen molar-refractivity contribution < 1.29 is 5.11 Å². The first kappa shape index (κ1) is 20.3. The van der Waals surface area contributed by atoms with Crippen LogP contribution in [0.15, 0.2) is 115 Å². The highest BCUT2D eigenvalue weighted by Crippen LogP contribution is 2.36. The molecule has 0 heterocycles. The highest BCUT2D eigenvalue weighted by atomic mass is 31.1. The molecule has 0 saturated carbocycles. The second-order valence-corrected chi connectivity index (χ2v) is 9.50. The maximum absolute atomic E-state index is 10.9. The fraction of sp³-hybridized carbons (Fsp3) is 0.111. The number of hydrogen-bond acceptors (Lipinski definition) is 2. The third kappa shape index (κ3) is 4.62. The van der Waals surface area contributed by atoms with Gasteiger partial charge in [-0.05, 0) is 37.1 Å². The van der Waals surface area contributed by atoms with Crippen LogP contribution in [0.25, 0.3) is 0 Å². The molecular weight excluding hydrogens is 385 g/mol. The van der Waals surface area contributed by atoms with E-state index in [9.17, 15) is 5.11 Å².